The van der Waals surface area contributed by atoms with Gasteiger partial charge >= 0.3 is 0 Å². The second-order valence-corrected chi connectivity index (χ2v) is 5.00. The molecule has 2 rings (SSSR count). The van der Waals surface area contributed by atoms with Crippen molar-refractivity contribution in [3.05, 3.63) is 35.4 Å². The lowest BCUT2D eigenvalue weighted by Gasteiger charge is -2.37. The number of rotatable bonds is 3. The van der Waals surface area contributed by atoms with Crippen LogP contribution in [0.1, 0.15) is 23.2 Å². The van der Waals surface area contributed by atoms with Crippen LogP contribution in [0, 0.1) is 0 Å². The van der Waals surface area contributed by atoms with Gasteiger partial charge in [-0.15, -0.1) is 0 Å². The zero-order valence-electron chi connectivity index (χ0n) is 11.3. The van der Waals surface area contributed by atoms with E-state index in [2.05, 4.69) is 0 Å². The maximum Gasteiger partial charge on any atom is 0.198 e. The van der Waals surface area contributed by atoms with E-state index in [1.807, 2.05) is 0 Å². The van der Waals surface area contributed by atoms with Gasteiger partial charge in [-0.25, -0.2) is 0 Å². The number of ketones is 1. The molecule has 114 valence electrons. The number of Topliss-reactive ketones (excluding diaryl/α,β-unsaturated/α-hetero) is 1. The van der Waals surface area contributed by atoms with E-state index in [-0.39, 0.29) is 23.3 Å². The van der Waals surface area contributed by atoms with Crippen molar-refractivity contribution >= 4 is 5.78 Å². The van der Waals surface area contributed by atoms with Gasteiger partial charge in [-0.1, -0.05) is 6.08 Å². The fourth-order valence-corrected chi connectivity index (χ4v) is 2.26. The summed E-state index contributed by atoms with van der Waals surface area (Å²) in [5.74, 6) is -5.89. The molecule has 0 saturated heterocycles. The monoisotopic (exact) mass is 296 g/mol. The quantitative estimate of drug-likeness (QED) is 0.393. The molecule has 1 aliphatic carbocycles. The molecule has 0 spiro atoms. The van der Waals surface area contributed by atoms with Gasteiger partial charge in [-0.05, 0) is 12.1 Å². The van der Waals surface area contributed by atoms with E-state index < -0.39 is 29.5 Å². The van der Waals surface area contributed by atoms with Gasteiger partial charge in [0, 0.05) is 19.6 Å². The van der Waals surface area contributed by atoms with Gasteiger partial charge in [0.15, 0.2) is 17.4 Å². The van der Waals surface area contributed by atoms with Gasteiger partial charge < -0.3 is 30.3 Å². The topological polar surface area (TPSA) is 127 Å². The molecule has 21 heavy (non-hydrogen) atoms. The maximum absolute atomic E-state index is 12.3. The number of ether oxygens (including phenoxy) is 1. The fraction of sp³-hybridized carbons (Fsp3) is 0.357. The van der Waals surface area contributed by atoms with Crippen molar-refractivity contribution in [3.8, 4) is 11.5 Å². The van der Waals surface area contributed by atoms with Gasteiger partial charge in [-0.3, -0.25) is 4.79 Å². The van der Waals surface area contributed by atoms with Gasteiger partial charge in [0.05, 0.1) is 17.6 Å². The number of methoxy groups -OCH3 is 1. The Morgan fingerprint density at radius 2 is 1.90 bits per heavy atom. The summed E-state index contributed by atoms with van der Waals surface area (Å²) in [6.45, 7) is 0. The predicted octanol–water partition coefficient (Wildman–Crippen LogP) is 0.0166. The first-order chi connectivity index (χ1) is 9.68. The molecule has 1 unspecified atom stereocenters. The lowest BCUT2D eigenvalue weighted by molar-refractivity contribution is -0.255. The third-order valence-corrected chi connectivity index (χ3v) is 3.43. The van der Waals surface area contributed by atoms with Gasteiger partial charge in [-0.2, -0.15) is 0 Å². The smallest absolute Gasteiger partial charge is 0.198 e. The molecular formula is C14H16O7. The summed E-state index contributed by atoms with van der Waals surface area (Å²) >= 11 is 0. The van der Waals surface area contributed by atoms with E-state index in [9.17, 15) is 30.3 Å². The number of aliphatic hydroxyl groups is 3. The number of hydrogen-bond acceptors (Lipinski definition) is 7. The Hall–Kier alpha value is -1.93. The summed E-state index contributed by atoms with van der Waals surface area (Å²) in [5, 5.41) is 48.7. The average Bonchev–Trinajstić information content (AvgIpc) is 2.37. The molecule has 7 nitrogen and oxygen atoms in total. The van der Waals surface area contributed by atoms with Crippen LogP contribution in [-0.4, -0.2) is 50.0 Å². The number of phenolic OH excluding ortho intramolecular Hbond substituents is 2. The van der Waals surface area contributed by atoms with Crippen LogP contribution in [0.5, 0.6) is 11.5 Å². The molecule has 5 N–H and O–H groups in total. The predicted molar refractivity (Wildman–Crippen MR) is 70.5 cm³/mol. The summed E-state index contributed by atoms with van der Waals surface area (Å²) < 4.78 is 4.78. The van der Waals surface area contributed by atoms with E-state index in [0.29, 0.717) is 0 Å². The molecule has 0 amide bonds. The standard InChI is InChI=1S/C14H16O7/c1-21-13(18)5-4-10(14(19,20)7-13)12(17)9-3-2-8(15)6-11(9)16/h2-4,6,15-16,18-20H,5,7H2,1H3. The first kappa shape index (κ1) is 15.5. The molecule has 1 aromatic rings. The number of phenols is 2. The van der Waals surface area contributed by atoms with Crippen LogP contribution in [0.4, 0.5) is 0 Å². The van der Waals surface area contributed by atoms with E-state index >= 15 is 0 Å². The Morgan fingerprint density at radius 3 is 2.43 bits per heavy atom. The normalized spacial score (nSPS) is 24.5. The molecular weight excluding hydrogens is 280 g/mol. The fourth-order valence-electron chi connectivity index (χ4n) is 2.26. The van der Waals surface area contributed by atoms with E-state index in [4.69, 9.17) is 4.74 Å². The zero-order chi connectivity index (χ0) is 15.8. The van der Waals surface area contributed by atoms with Gasteiger partial charge in [0.2, 0.25) is 0 Å². The van der Waals surface area contributed by atoms with Crippen molar-refractivity contribution in [2.75, 3.05) is 7.11 Å². The molecule has 1 atom stereocenters. The summed E-state index contributed by atoms with van der Waals surface area (Å²) in [6.07, 6.45) is 0.445. The van der Waals surface area contributed by atoms with Crippen molar-refractivity contribution in [3.63, 3.8) is 0 Å². The highest BCUT2D eigenvalue weighted by molar-refractivity contribution is 6.11. The Bertz CT molecular complexity index is 605. The minimum absolute atomic E-state index is 0.105. The molecule has 7 heteroatoms. The third kappa shape index (κ3) is 2.91. The summed E-state index contributed by atoms with van der Waals surface area (Å²) in [4.78, 5) is 12.3. The summed E-state index contributed by atoms with van der Waals surface area (Å²) in [7, 11) is 1.21. The SMILES string of the molecule is COC1(O)CC=C(C(=O)c2ccc(O)cc2O)C(O)(O)C1. The third-order valence-electron chi connectivity index (χ3n) is 3.43. The van der Waals surface area contributed by atoms with Crippen LogP contribution >= 0.6 is 0 Å². The first-order valence-electron chi connectivity index (χ1n) is 6.18. The number of benzene rings is 1. The molecule has 1 aromatic carbocycles. The molecule has 1 aliphatic rings. The molecule has 0 heterocycles. The average molecular weight is 296 g/mol. The number of carbonyl (C=O) groups is 1. The van der Waals surface area contributed by atoms with Crippen LogP contribution in [0.3, 0.4) is 0 Å². The van der Waals surface area contributed by atoms with Crippen molar-refractivity contribution in [1.82, 2.24) is 0 Å². The van der Waals surface area contributed by atoms with E-state index in [0.717, 1.165) is 12.1 Å². The first-order valence-corrected chi connectivity index (χ1v) is 6.18. The second kappa shape index (κ2) is 5.12. The molecule has 0 aromatic heterocycles. The van der Waals surface area contributed by atoms with Crippen molar-refractivity contribution in [2.45, 2.75) is 24.4 Å². The summed E-state index contributed by atoms with van der Waals surface area (Å²) in [6, 6.07) is 3.33. The largest absolute Gasteiger partial charge is 0.508 e. The van der Waals surface area contributed by atoms with E-state index in [1.54, 1.807) is 0 Å². The molecule has 0 fully saturated rings. The van der Waals surface area contributed by atoms with Crippen LogP contribution in [0.15, 0.2) is 29.8 Å². The van der Waals surface area contributed by atoms with Gasteiger partial charge in [0.25, 0.3) is 0 Å². The van der Waals surface area contributed by atoms with Crippen molar-refractivity contribution in [1.29, 1.82) is 0 Å². The maximum atomic E-state index is 12.3. The Labute approximate surface area is 120 Å². The van der Waals surface area contributed by atoms with Crippen LogP contribution in [-0.2, 0) is 4.74 Å². The van der Waals surface area contributed by atoms with Crippen LogP contribution in [0.25, 0.3) is 0 Å². The highest BCUT2D eigenvalue weighted by Gasteiger charge is 2.46. The molecule has 0 aliphatic heterocycles. The lowest BCUT2D eigenvalue weighted by atomic mass is 9.84. The lowest BCUT2D eigenvalue weighted by Crippen LogP contribution is -2.48. The highest BCUT2D eigenvalue weighted by Crippen LogP contribution is 2.37. The Kier molecular flexibility index (Phi) is 3.77. The minimum atomic E-state index is -2.59. The molecule has 0 radical (unpaired) electrons. The number of aromatic hydroxyl groups is 2. The molecule has 0 saturated carbocycles. The van der Waals surface area contributed by atoms with Crippen LogP contribution in [0.2, 0.25) is 0 Å². The minimum Gasteiger partial charge on any atom is -0.508 e. The van der Waals surface area contributed by atoms with E-state index in [1.165, 1.54) is 19.2 Å². The van der Waals surface area contributed by atoms with Crippen molar-refractivity contribution < 1.29 is 35.1 Å². The Morgan fingerprint density at radius 1 is 1.24 bits per heavy atom. The zero-order valence-corrected chi connectivity index (χ0v) is 11.3. The number of carbonyl (C=O) groups excluding carboxylic acids is 1. The number of hydrogen-bond donors (Lipinski definition) is 5. The Balaban J connectivity index is 2.39. The van der Waals surface area contributed by atoms with Crippen molar-refractivity contribution in [2.24, 2.45) is 0 Å². The van der Waals surface area contributed by atoms with Crippen LogP contribution < -0.4 is 0 Å². The second-order valence-electron chi connectivity index (χ2n) is 5.00. The molecule has 0 bridgehead atoms. The highest BCUT2D eigenvalue weighted by atomic mass is 16.6. The summed E-state index contributed by atoms with van der Waals surface area (Å²) in [5.41, 5.74) is -0.556. The van der Waals surface area contributed by atoms with Gasteiger partial charge in [0.1, 0.15) is 11.5 Å².